The van der Waals surface area contributed by atoms with E-state index in [2.05, 4.69) is 5.32 Å². The molecule has 1 aliphatic heterocycles. The number of rotatable bonds is 6. The van der Waals surface area contributed by atoms with Gasteiger partial charge in [-0.15, -0.1) is 0 Å². The second-order valence-electron chi connectivity index (χ2n) is 6.90. The zero-order valence-corrected chi connectivity index (χ0v) is 15.6. The lowest BCUT2D eigenvalue weighted by Gasteiger charge is -2.25. The molecule has 2 aromatic rings. The lowest BCUT2D eigenvalue weighted by Crippen LogP contribution is -2.35. The Morgan fingerprint density at radius 2 is 2.00 bits per heavy atom. The normalized spacial score (nSPS) is 15.6. The molecule has 5 nitrogen and oxygen atoms in total. The summed E-state index contributed by atoms with van der Waals surface area (Å²) < 4.78 is 11.1. The number of hydrogen-bond donors (Lipinski definition) is 1. The van der Waals surface area contributed by atoms with Crippen LogP contribution in [0.25, 0.3) is 0 Å². The predicted molar refractivity (Wildman–Crippen MR) is 103 cm³/mol. The average Bonchev–Trinajstić information content (AvgIpc) is 2.66. The maximum absolute atomic E-state index is 12.2. The van der Waals surface area contributed by atoms with Crippen LogP contribution in [-0.2, 0) is 17.6 Å². The predicted octanol–water partition coefficient (Wildman–Crippen LogP) is 2.67. The van der Waals surface area contributed by atoms with E-state index >= 15 is 0 Å². The van der Waals surface area contributed by atoms with Crippen LogP contribution < -0.4 is 19.7 Å². The lowest BCUT2D eigenvalue weighted by atomic mass is 9.96. The molecular formula is C21H26N2O3. The van der Waals surface area contributed by atoms with Crippen LogP contribution >= 0.6 is 0 Å². The number of carbonyl (C=O) groups excluding carboxylic acids is 1. The summed E-state index contributed by atoms with van der Waals surface area (Å²) in [4.78, 5) is 14.3. The summed E-state index contributed by atoms with van der Waals surface area (Å²) in [6.07, 6.45) is 1.30. The second-order valence-corrected chi connectivity index (χ2v) is 6.90. The van der Waals surface area contributed by atoms with Crippen molar-refractivity contribution in [2.45, 2.75) is 12.8 Å². The maximum atomic E-state index is 12.2. The van der Waals surface area contributed by atoms with E-state index in [0.717, 1.165) is 34.7 Å². The molecule has 1 aliphatic rings. The van der Waals surface area contributed by atoms with E-state index in [4.69, 9.17) is 9.47 Å². The van der Waals surface area contributed by atoms with Crippen LogP contribution in [0.15, 0.2) is 42.5 Å². The molecule has 0 aliphatic carbocycles. The Balaban J connectivity index is 1.48. The van der Waals surface area contributed by atoms with Crippen LogP contribution in [0.2, 0.25) is 0 Å². The fraction of sp³-hybridized carbons (Fsp3) is 0.381. The fourth-order valence-corrected chi connectivity index (χ4v) is 3.09. The van der Waals surface area contributed by atoms with Gasteiger partial charge in [0.25, 0.3) is 0 Å². The Morgan fingerprint density at radius 1 is 1.23 bits per heavy atom. The first-order valence-corrected chi connectivity index (χ1v) is 8.88. The molecular weight excluding hydrogens is 328 g/mol. The molecule has 0 aromatic heterocycles. The second kappa shape index (κ2) is 8.13. The highest BCUT2D eigenvalue weighted by atomic mass is 16.5. The average molecular weight is 354 g/mol. The van der Waals surface area contributed by atoms with Crippen molar-refractivity contribution in [3.8, 4) is 11.5 Å². The Bertz CT molecular complexity index is 756. The Kier molecular flexibility index (Phi) is 5.66. The van der Waals surface area contributed by atoms with Crippen molar-refractivity contribution in [2.24, 2.45) is 5.92 Å². The molecule has 0 unspecified atom stereocenters. The highest BCUT2D eigenvalue weighted by Gasteiger charge is 2.21. The number of methoxy groups -OCH3 is 1. The van der Waals surface area contributed by atoms with Gasteiger partial charge in [0.15, 0.2) is 0 Å². The van der Waals surface area contributed by atoms with Crippen LogP contribution in [0.1, 0.15) is 11.1 Å². The van der Waals surface area contributed by atoms with E-state index in [1.54, 1.807) is 7.11 Å². The molecule has 1 heterocycles. The summed E-state index contributed by atoms with van der Waals surface area (Å²) in [5, 5.41) is 3.04. The summed E-state index contributed by atoms with van der Waals surface area (Å²) in [5.41, 5.74) is 3.31. The number of ether oxygens (including phenoxy) is 2. The first kappa shape index (κ1) is 18.1. The van der Waals surface area contributed by atoms with Crippen molar-refractivity contribution in [1.82, 2.24) is 5.32 Å². The van der Waals surface area contributed by atoms with Crippen molar-refractivity contribution < 1.29 is 14.3 Å². The molecule has 0 fully saturated rings. The van der Waals surface area contributed by atoms with Gasteiger partial charge in [0.2, 0.25) is 5.91 Å². The molecule has 1 atom stereocenters. The summed E-state index contributed by atoms with van der Waals surface area (Å²) in [7, 11) is 5.65. The van der Waals surface area contributed by atoms with E-state index in [1.807, 2.05) is 61.5 Å². The standard InChI is InChI=1S/C21H26N2O3/c1-23(2)18-7-4-15(5-8-18)11-21(24)22-13-16-10-17-6-9-19(25-3)12-20(17)26-14-16/h4-9,12,16H,10-11,13-14H2,1-3H3,(H,22,24)/t16-/m1/s1. The number of carbonyl (C=O) groups is 1. The summed E-state index contributed by atoms with van der Waals surface area (Å²) in [5.74, 6) is 2.02. The summed E-state index contributed by atoms with van der Waals surface area (Å²) in [6.45, 7) is 1.23. The van der Waals surface area contributed by atoms with Gasteiger partial charge in [-0.25, -0.2) is 0 Å². The number of nitrogens with zero attached hydrogens (tertiary/aromatic N) is 1. The number of benzene rings is 2. The SMILES string of the molecule is COc1ccc2c(c1)OC[C@@H](CNC(=O)Cc1ccc(N(C)C)cc1)C2. The fourth-order valence-electron chi connectivity index (χ4n) is 3.09. The minimum absolute atomic E-state index is 0.0446. The molecule has 2 aromatic carbocycles. The first-order valence-electron chi connectivity index (χ1n) is 8.88. The topological polar surface area (TPSA) is 50.8 Å². The Morgan fingerprint density at radius 3 is 2.69 bits per heavy atom. The minimum atomic E-state index is 0.0446. The van der Waals surface area contributed by atoms with Gasteiger partial charge in [0.05, 0.1) is 20.1 Å². The molecule has 0 saturated heterocycles. The maximum Gasteiger partial charge on any atom is 0.224 e. The summed E-state index contributed by atoms with van der Waals surface area (Å²) in [6, 6.07) is 14.0. The number of nitrogens with one attached hydrogen (secondary N) is 1. The van der Waals surface area contributed by atoms with Gasteiger partial charge in [0, 0.05) is 38.3 Å². The first-order chi connectivity index (χ1) is 12.5. The van der Waals surface area contributed by atoms with Gasteiger partial charge in [-0.3, -0.25) is 4.79 Å². The number of fused-ring (bicyclic) bond motifs is 1. The van der Waals surface area contributed by atoms with Crippen LogP contribution in [0.5, 0.6) is 11.5 Å². The van der Waals surface area contributed by atoms with Crippen molar-refractivity contribution in [3.63, 3.8) is 0 Å². The van der Waals surface area contributed by atoms with Crippen LogP contribution in [0.3, 0.4) is 0 Å². The van der Waals surface area contributed by atoms with Crippen molar-refractivity contribution >= 4 is 11.6 Å². The molecule has 0 radical (unpaired) electrons. The van der Waals surface area contributed by atoms with Crippen LogP contribution in [0.4, 0.5) is 5.69 Å². The van der Waals surface area contributed by atoms with Gasteiger partial charge >= 0.3 is 0 Å². The zero-order valence-electron chi connectivity index (χ0n) is 15.6. The van der Waals surface area contributed by atoms with E-state index in [0.29, 0.717) is 19.6 Å². The lowest BCUT2D eigenvalue weighted by molar-refractivity contribution is -0.120. The molecule has 1 N–H and O–H groups in total. The van der Waals surface area contributed by atoms with Gasteiger partial charge in [-0.1, -0.05) is 18.2 Å². The third-order valence-electron chi connectivity index (χ3n) is 4.66. The Labute approximate surface area is 154 Å². The minimum Gasteiger partial charge on any atom is -0.497 e. The molecule has 0 saturated carbocycles. The number of amides is 1. The quantitative estimate of drug-likeness (QED) is 0.867. The van der Waals surface area contributed by atoms with Crippen molar-refractivity contribution in [1.29, 1.82) is 0 Å². The highest BCUT2D eigenvalue weighted by Crippen LogP contribution is 2.30. The molecule has 26 heavy (non-hydrogen) atoms. The monoisotopic (exact) mass is 354 g/mol. The summed E-state index contributed by atoms with van der Waals surface area (Å²) >= 11 is 0. The smallest absolute Gasteiger partial charge is 0.224 e. The van der Waals surface area contributed by atoms with Crippen LogP contribution in [-0.4, -0.2) is 40.3 Å². The van der Waals surface area contributed by atoms with E-state index in [9.17, 15) is 4.79 Å². The largest absolute Gasteiger partial charge is 0.497 e. The van der Waals surface area contributed by atoms with Gasteiger partial charge in [-0.05, 0) is 35.7 Å². The highest BCUT2D eigenvalue weighted by molar-refractivity contribution is 5.78. The van der Waals surface area contributed by atoms with E-state index in [1.165, 1.54) is 0 Å². The third-order valence-corrected chi connectivity index (χ3v) is 4.66. The number of anilines is 1. The third kappa shape index (κ3) is 4.48. The number of hydrogen-bond acceptors (Lipinski definition) is 4. The molecule has 3 rings (SSSR count). The van der Waals surface area contributed by atoms with Crippen molar-refractivity contribution in [2.75, 3.05) is 39.3 Å². The Hall–Kier alpha value is -2.69. The van der Waals surface area contributed by atoms with Crippen molar-refractivity contribution in [3.05, 3.63) is 53.6 Å². The molecule has 1 amide bonds. The molecule has 0 spiro atoms. The molecule has 5 heteroatoms. The van der Waals surface area contributed by atoms with Gasteiger partial charge in [0.1, 0.15) is 11.5 Å². The molecule has 0 bridgehead atoms. The zero-order chi connectivity index (χ0) is 18.5. The van der Waals surface area contributed by atoms with Gasteiger partial charge in [-0.2, -0.15) is 0 Å². The molecule has 138 valence electrons. The van der Waals surface area contributed by atoms with Crippen LogP contribution in [0, 0.1) is 5.92 Å². The van der Waals surface area contributed by atoms with E-state index in [-0.39, 0.29) is 11.8 Å². The van der Waals surface area contributed by atoms with E-state index < -0.39 is 0 Å². The van der Waals surface area contributed by atoms with Gasteiger partial charge < -0.3 is 19.7 Å².